The zero-order valence-electron chi connectivity index (χ0n) is 19.4. The lowest BCUT2D eigenvalue weighted by atomic mass is 9.65. The van der Waals surface area contributed by atoms with E-state index in [1.54, 1.807) is 4.90 Å². The standard InChI is InChI=1S/C23H28Cl2F3N5O2/c1-15-19(25)20(23(26,27)28)30-33(15)14-18(34)31-10-6-22(7-11-31,16-2-4-17(24)5-3-16)21(35)32-12-8-29-9-13-32/h2,4-5,16,29H,3,6-14H2,1H3. The summed E-state index contributed by atoms with van der Waals surface area (Å²) in [5, 5.41) is 6.93. The Morgan fingerprint density at radius 3 is 2.34 bits per heavy atom. The van der Waals surface area contributed by atoms with Crippen molar-refractivity contribution < 1.29 is 22.8 Å². The van der Waals surface area contributed by atoms with Gasteiger partial charge in [-0.15, -0.1) is 0 Å². The maximum atomic E-state index is 13.8. The topological polar surface area (TPSA) is 70.5 Å². The van der Waals surface area contributed by atoms with E-state index < -0.39 is 22.3 Å². The van der Waals surface area contributed by atoms with Crippen LogP contribution >= 0.6 is 23.2 Å². The lowest BCUT2D eigenvalue weighted by molar-refractivity contribution is -0.152. The third-order valence-electron chi connectivity index (χ3n) is 7.29. The van der Waals surface area contributed by atoms with E-state index in [1.165, 1.54) is 6.92 Å². The molecule has 0 aromatic carbocycles. The van der Waals surface area contributed by atoms with Gasteiger partial charge in [-0.05, 0) is 38.2 Å². The van der Waals surface area contributed by atoms with Crippen LogP contribution in [0.25, 0.3) is 0 Å². The summed E-state index contributed by atoms with van der Waals surface area (Å²) in [5.74, 6) is -0.297. The second kappa shape index (κ2) is 10.1. The number of nitrogens with one attached hydrogen (secondary N) is 1. The lowest BCUT2D eigenvalue weighted by Gasteiger charge is -2.47. The van der Waals surface area contributed by atoms with E-state index in [9.17, 15) is 22.8 Å². The fourth-order valence-corrected chi connectivity index (χ4v) is 5.58. The van der Waals surface area contributed by atoms with Gasteiger partial charge < -0.3 is 15.1 Å². The van der Waals surface area contributed by atoms with Crippen molar-refractivity contribution >= 4 is 35.0 Å². The number of hydrogen-bond acceptors (Lipinski definition) is 4. The highest BCUT2D eigenvalue weighted by molar-refractivity contribution is 6.32. The minimum atomic E-state index is -4.70. The Labute approximate surface area is 211 Å². The molecule has 1 atom stereocenters. The van der Waals surface area contributed by atoms with Crippen LogP contribution in [-0.2, 0) is 22.3 Å². The second-order valence-electron chi connectivity index (χ2n) is 9.27. The van der Waals surface area contributed by atoms with E-state index in [0.29, 0.717) is 50.5 Å². The predicted molar refractivity (Wildman–Crippen MR) is 126 cm³/mol. The first-order valence-electron chi connectivity index (χ1n) is 11.6. The number of likely N-dealkylation sites (tertiary alicyclic amines) is 1. The van der Waals surface area contributed by atoms with E-state index in [1.807, 2.05) is 23.1 Å². The number of nitrogens with zero attached hydrogens (tertiary/aromatic N) is 4. The van der Waals surface area contributed by atoms with Gasteiger partial charge in [0.2, 0.25) is 11.8 Å². The largest absolute Gasteiger partial charge is 0.436 e. The van der Waals surface area contributed by atoms with E-state index in [2.05, 4.69) is 10.4 Å². The molecule has 0 saturated carbocycles. The van der Waals surface area contributed by atoms with E-state index in [4.69, 9.17) is 23.2 Å². The van der Waals surface area contributed by atoms with E-state index in [-0.39, 0.29) is 30.0 Å². The molecule has 0 bridgehead atoms. The van der Waals surface area contributed by atoms with Crippen molar-refractivity contribution in [2.45, 2.75) is 38.9 Å². The minimum Gasteiger partial charge on any atom is -0.341 e. The maximum absolute atomic E-state index is 13.8. The van der Waals surface area contributed by atoms with Crippen LogP contribution in [0.4, 0.5) is 13.2 Å². The summed E-state index contributed by atoms with van der Waals surface area (Å²) in [4.78, 5) is 30.3. The van der Waals surface area contributed by atoms with Gasteiger partial charge in [0, 0.05) is 44.3 Å². The molecule has 0 radical (unpaired) electrons. The molecule has 192 valence electrons. The summed E-state index contributed by atoms with van der Waals surface area (Å²) < 4.78 is 40.4. The van der Waals surface area contributed by atoms with E-state index >= 15 is 0 Å². The van der Waals surface area contributed by atoms with Crippen LogP contribution in [0.2, 0.25) is 5.02 Å². The highest BCUT2D eigenvalue weighted by Gasteiger charge is 2.49. The Balaban J connectivity index is 1.49. The molecule has 1 aliphatic carbocycles. The van der Waals surface area contributed by atoms with Crippen molar-refractivity contribution in [2.24, 2.45) is 11.3 Å². The number of rotatable bonds is 4. The van der Waals surface area contributed by atoms with Crippen molar-refractivity contribution in [3.05, 3.63) is 39.7 Å². The van der Waals surface area contributed by atoms with Crippen LogP contribution in [0, 0.1) is 18.3 Å². The zero-order valence-corrected chi connectivity index (χ0v) is 20.9. The summed E-state index contributed by atoms with van der Waals surface area (Å²) in [5.41, 5.74) is -1.77. The monoisotopic (exact) mass is 533 g/mol. The first-order valence-corrected chi connectivity index (χ1v) is 12.4. The van der Waals surface area contributed by atoms with Gasteiger partial charge in [0.1, 0.15) is 6.54 Å². The van der Waals surface area contributed by atoms with Gasteiger partial charge in [-0.25, -0.2) is 0 Å². The van der Waals surface area contributed by atoms with Crippen LogP contribution in [-0.4, -0.2) is 70.7 Å². The van der Waals surface area contributed by atoms with Gasteiger partial charge in [0.05, 0.1) is 16.1 Å². The zero-order chi connectivity index (χ0) is 25.4. The highest BCUT2D eigenvalue weighted by atomic mass is 35.5. The molecule has 2 aliphatic heterocycles. The molecule has 3 aliphatic rings. The van der Waals surface area contributed by atoms with Gasteiger partial charge in [0.25, 0.3) is 0 Å². The molecule has 1 N–H and O–H groups in total. The Morgan fingerprint density at radius 1 is 1.14 bits per heavy atom. The molecule has 7 nitrogen and oxygen atoms in total. The highest BCUT2D eigenvalue weighted by Crippen LogP contribution is 2.45. The second-order valence-corrected chi connectivity index (χ2v) is 10.1. The number of aromatic nitrogens is 2. The summed E-state index contributed by atoms with van der Waals surface area (Å²) >= 11 is 11.9. The fraction of sp³-hybridized carbons (Fsp3) is 0.609. The average Bonchev–Trinajstić information content (AvgIpc) is 3.13. The number of hydrogen-bond donors (Lipinski definition) is 1. The van der Waals surface area contributed by atoms with Crippen LogP contribution in [0.5, 0.6) is 0 Å². The number of carbonyl (C=O) groups excluding carboxylic acids is 2. The number of piperazine rings is 1. The molecular weight excluding hydrogens is 506 g/mol. The Morgan fingerprint density at radius 2 is 1.80 bits per heavy atom. The van der Waals surface area contributed by atoms with Gasteiger partial charge in [-0.3, -0.25) is 14.3 Å². The molecular formula is C23H28Cl2F3N5O2. The van der Waals surface area contributed by atoms with Gasteiger partial charge in [-0.1, -0.05) is 35.4 Å². The van der Waals surface area contributed by atoms with Gasteiger partial charge >= 0.3 is 6.18 Å². The third kappa shape index (κ3) is 5.24. The number of allylic oxidation sites excluding steroid dienone is 4. The molecule has 1 aromatic rings. The van der Waals surface area contributed by atoms with Crippen LogP contribution in [0.15, 0.2) is 23.3 Å². The Bertz CT molecular complexity index is 1040. The smallest absolute Gasteiger partial charge is 0.341 e. The van der Waals surface area contributed by atoms with Gasteiger partial charge in [-0.2, -0.15) is 18.3 Å². The number of carbonyl (C=O) groups is 2. The fourth-order valence-electron chi connectivity index (χ4n) is 5.17. The van der Waals surface area contributed by atoms with Crippen LogP contribution < -0.4 is 5.32 Å². The van der Waals surface area contributed by atoms with Gasteiger partial charge in [0.15, 0.2) is 5.69 Å². The first kappa shape index (κ1) is 26.0. The summed E-state index contributed by atoms with van der Waals surface area (Å²) in [6.07, 6.45) is 2.61. The number of amides is 2. The Kier molecular flexibility index (Phi) is 7.54. The normalized spacial score (nSPS) is 22.8. The summed E-state index contributed by atoms with van der Waals surface area (Å²) in [6.45, 7) is 4.47. The molecule has 12 heteroatoms. The quantitative estimate of drug-likeness (QED) is 0.641. The molecule has 3 heterocycles. The maximum Gasteiger partial charge on any atom is 0.436 e. The number of alkyl halides is 3. The number of piperidine rings is 1. The number of halogens is 5. The molecule has 0 spiro atoms. The molecule has 35 heavy (non-hydrogen) atoms. The van der Waals surface area contributed by atoms with Crippen molar-refractivity contribution in [1.82, 2.24) is 24.9 Å². The van der Waals surface area contributed by atoms with Crippen molar-refractivity contribution in [1.29, 1.82) is 0 Å². The minimum absolute atomic E-state index is 0.0360. The van der Waals surface area contributed by atoms with Crippen molar-refractivity contribution in [3.63, 3.8) is 0 Å². The lowest BCUT2D eigenvalue weighted by Crippen LogP contribution is -2.57. The van der Waals surface area contributed by atoms with E-state index in [0.717, 1.165) is 17.8 Å². The van der Waals surface area contributed by atoms with Crippen molar-refractivity contribution in [2.75, 3.05) is 39.3 Å². The van der Waals surface area contributed by atoms with Crippen molar-refractivity contribution in [3.8, 4) is 0 Å². The van der Waals surface area contributed by atoms with Crippen LogP contribution in [0.3, 0.4) is 0 Å². The molecule has 1 unspecified atom stereocenters. The molecule has 2 fully saturated rings. The molecule has 1 aromatic heterocycles. The van der Waals surface area contributed by atoms with Crippen LogP contribution in [0.1, 0.15) is 30.7 Å². The summed E-state index contributed by atoms with van der Waals surface area (Å²) in [6, 6.07) is 0. The first-order chi connectivity index (χ1) is 16.5. The summed E-state index contributed by atoms with van der Waals surface area (Å²) in [7, 11) is 0. The average molecular weight is 534 g/mol. The third-order valence-corrected chi connectivity index (χ3v) is 8.02. The molecule has 4 rings (SSSR count). The molecule has 2 amide bonds. The Hall–Kier alpha value is -2.04. The SMILES string of the molecule is Cc1c(Cl)c(C(F)(F)F)nn1CC(=O)N1CCC(C(=O)N2CCNCC2)(C2C=CC(Cl)=CC2)CC1. The molecule has 2 saturated heterocycles. The predicted octanol–water partition coefficient (Wildman–Crippen LogP) is 3.60.